The van der Waals surface area contributed by atoms with Gasteiger partial charge >= 0.3 is 11.9 Å². The van der Waals surface area contributed by atoms with Crippen molar-refractivity contribution in [3.8, 4) is 21.9 Å². The number of carbonyl (C=O) groups excluding carboxylic acids is 3. The van der Waals surface area contributed by atoms with Crippen molar-refractivity contribution in [1.82, 2.24) is 0 Å². The maximum Gasteiger partial charge on any atom is 0.345 e. The minimum absolute atomic E-state index is 0.0543. The molecule has 0 unspecified atom stereocenters. The number of esters is 2. The summed E-state index contributed by atoms with van der Waals surface area (Å²) < 4.78 is 17.2. The lowest BCUT2D eigenvalue weighted by molar-refractivity contribution is -0.139. The van der Waals surface area contributed by atoms with Gasteiger partial charge in [-0.25, -0.2) is 9.59 Å². The Bertz CT molecular complexity index is 1660. The first-order valence-electron chi connectivity index (χ1n) is 13.3. The molecular formula is C32H32N4O6S. The SMILES string of the molecule is COc1cc(OC)c(-c2cc3ccccc3s2)cc1/C=C\C(=O)c1ccc(C(=O)OC(=O)[C@@H](N)CCCN=C(N)N)cc1. The molecular weight excluding hydrogens is 568 g/mol. The number of thiophene rings is 1. The van der Waals surface area contributed by atoms with Crippen LogP contribution in [0.4, 0.5) is 0 Å². The van der Waals surface area contributed by atoms with Crippen molar-refractivity contribution in [2.75, 3.05) is 20.8 Å². The summed E-state index contributed by atoms with van der Waals surface area (Å²) in [6.07, 6.45) is 3.79. The highest BCUT2D eigenvalue weighted by molar-refractivity contribution is 7.22. The quantitative estimate of drug-likeness (QED) is 0.0402. The van der Waals surface area contributed by atoms with Gasteiger partial charge in [0.25, 0.3) is 0 Å². The van der Waals surface area contributed by atoms with Crippen LogP contribution in [0.1, 0.15) is 39.1 Å². The molecule has 0 saturated carbocycles. The van der Waals surface area contributed by atoms with Gasteiger partial charge in [-0.1, -0.05) is 30.3 Å². The zero-order valence-corrected chi connectivity index (χ0v) is 24.6. The number of guanidine groups is 1. The Hall–Kier alpha value is -5.00. The lowest BCUT2D eigenvalue weighted by atomic mass is 10.0. The zero-order chi connectivity index (χ0) is 30.9. The highest BCUT2D eigenvalue weighted by Gasteiger charge is 2.20. The summed E-state index contributed by atoms with van der Waals surface area (Å²) in [5, 5.41) is 1.13. The molecule has 0 saturated heterocycles. The van der Waals surface area contributed by atoms with Gasteiger partial charge in [-0.2, -0.15) is 0 Å². The molecule has 11 heteroatoms. The third-order valence-corrected chi connectivity index (χ3v) is 7.68. The summed E-state index contributed by atoms with van der Waals surface area (Å²) in [6, 6.07) is 18.7. The van der Waals surface area contributed by atoms with Gasteiger partial charge in [-0.15, -0.1) is 11.3 Å². The number of carbonyl (C=O) groups is 3. The summed E-state index contributed by atoms with van der Waals surface area (Å²) in [6.45, 7) is 0.305. The van der Waals surface area contributed by atoms with Crippen LogP contribution >= 0.6 is 11.3 Å². The van der Waals surface area contributed by atoms with Crippen LogP contribution in [0.3, 0.4) is 0 Å². The van der Waals surface area contributed by atoms with Crippen LogP contribution in [-0.4, -0.2) is 50.5 Å². The number of nitrogens with zero attached hydrogens (tertiary/aromatic N) is 1. The molecule has 4 aromatic rings. The fraction of sp³-hybridized carbons (Fsp3) is 0.188. The van der Waals surface area contributed by atoms with E-state index in [1.54, 1.807) is 37.7 Å². The molecule has 1 heterocycles. The van der Waals surface area contributed by atoms with Crippen molar-refractivity contribution in [3.63, 3.8) is 0 Å². The summed E-state index contributed by atoms with van der Waals surface area (Å²) >= 11 is 1.65. The molecule has 1 aromatic heterocycles. The minimum atomic E-state index is -1.00. The molecule has 10 nitrogen and oxygen atoms in total. The predicted molar refractivity (Wildman–Crippen MR) is 168 cm³/mol. The summed E-state index contributed by atoms with van der Waals surface area (Å²) in [5.74, 6) is -0.874. The van der Waals surface area contributed by atoms with Crippen LogP contribution in [0, 0.1) is 0 Å². The first kappa shape index (κ1) is 30.9. The van der Waals surface area contributed by atoms with Crippen molar-refractivity contribution in [2.45, 2.75) is 18.9 Å². The number of hydrogen-bond acceptors (Lipinski definition) is 9. The summed E-state index contributed by atoms with van der Waals surface area (Å²) in [4.78, 5) is 42.4. The molecule has 3 aromatic carbocycles. The van der Waals surface area contributed by atoms with E-state index in [0.29, 0.717) is 35.6 Å². The number of allylic oxidation sites excluding steroid dienone is 1. The van der Waals surface area contributed by atoms with Gasteiger partial charge in [0, 0.05) is 38.9 Å². The first-order chi connectivity index (χ1) is 20.7. The van der Waals surface area contributed by atoms with Crippen LogP contribution in [0.5, 0.6) is 11.5 Å². The van der Waals surface area contributed by atoms with Gasteiger partial charge in [0.05, 0.1) is 19.8 Å². The highest BCUT2D eigenvalue weighted by Crippen LogP contribution is 2.41. The van der Waals surface area contributed by atoms with Crippen molar-refractivity contribution < 1.29 is 28.6 Å². The molecule has 4 rings (SSSR count). The average molecular weight is 601 g/mol. The third kappa shape index (κ3) is 7.85. The van der Waals surface area contributed by atoms with E-state index in [4.69, 9.17) is 31.4 Å². The Morgan fingerprint density at radius 3 is 2.30 bits per heavy atom. The fourth-order valence-electron chi connectivity index (χ4n) is 4.26. The minimum Gasteiger partial charge on any atom is -0.496 e. The lowest BCUT2D eigenvalue weighted by Crippen LogP contribution is -2.34. The van der Waals surface area contributed by atoms with Gasteiger partial charge in [-0.05, 0) is 60.7 Å². The smallest absolute Gasteiger partial charge is 0.345 e. The number of aliphatic imine (C=N–C) groups is 1. The van der Waals surface area contributed by atoms with Crippen LogP contribution in [0.25, 0.3) is 26.6 Å². The van der Waals surface area contributed by atoms with Crippen LogP contribution in [-0.2, 0) is 9.53 Å². The second kappa shape index (κ2) is 14.3. The van der Waals surface area contributed by atoms with Crippen molar-refractivity contribution >= 4 is 51.2 Å². The van der Waals surface area contributed by atoms with Crippen LogP contribution < -0.4 is 26.7 Å². The number of ketones is 1. The highest BCUT2D eigenvalue weighted by atomic mass is 32.1. The van der Waals surface area contributed by atoms with E-state index >= 15 is 0 Å². The Morgan fingerprint density at radius 2 is 1.63 bits per heavy atom. The van der Waals surface area contributed by atoms with Gasteiger partial charge < -0.3 is 31.4 Å². The van der Waals surface area contributed by atoms with Crippen LogP contribution in [0.15, 0.2) is 77.8 Å². The second-order valence-electron chi connectivity index (χ2n) is 9.48. The van der Waals surface area contributed by atoms with E-state index in [0.717, 1.165) is 20.5 Å². The fourth-order valence-corrected chi connectivity index (χ4v) is 5.34. The van der Waals surface area contributed by atoms with Gasteiger partial charge in [0.1, 0.15) is 17.5 Å². The summed E-state index contributed by atoms with van der Waals surface area (Å²) in [5.41, 5.74) is 18.3. The molecule has 0 spiro atoms. The van der Waals surface area contributed by atoms with E-state index < -0.39 is 18.0 Å². The molecule has 6 N–H and O–H groups in total. The normalized spacial score (nSPS) is 11.7. The maximum absolute atomic E-state index is 13.0. The molecule has 0 aliphatic heterocycles. The average Bonchev–Trinajstić information content (AvgIpc) is 3.45. The second-order valence-corrected chi connectivity index (χ2v) is 10.6. The topological polar surface area (TPSA) is 169 Å². The molecule has 222 valence electrons. The molecule has 0 aliphatic carbocycles. The Morgan fingerprint density at radius 1 is 0.930 bits per heavy atom. The molecule has 0 fully saturated rings. The maximum atomic E-state index is 13.0. The molecule has 43 heavy (non-hydrogen) atoms. The first-order valence-corrected chi connectivity index (χ1v) is 14.2. The van der Waals surface area contributed by atoms with Crippen molar-refractivity contribution in [3.05, 3.63) is 89.5 Å². The largest absolute Gasteiger partial charge is 0.496 e. The van der Waals surface area contributed by atoms with E-state index in [1.807, 2.05) is 18.2 Å². The number of ether oxygens (including phenoxy) is 3. The van der Waals surface area contributed by atoms with Gasteiger partial charge in [0.2, 0.25) is 0 Å². The number of hydrogen-bond donors (Lipinski definition) is 3. The zero-order valence-electron chi connectivity index (χ0n) is 23.7. The lowest BCUT2D eigenvalue weighted by Gasteiger charge is -2.12. The molecule has 0 radical (unpaired) electrons. The van der Waals surface area contributed by atoms with Crippen molar-refractivity contribution in [1.29, 1.82) is 0 Å². The standard InChI is InChI=1S/C32H32N4O6S/c1-40-26-18-27(41-2)23(29-17-22-6-3-4-8-28(22)43-29)16-21(26)13-14-25(37)19-9-11-20(12-10-19)30(38)42-31(39)24(33)7-5-15-36-32(34)35/h3-4,6,8-14,16-18,24H,5,7,15,33H2,1-2H3,(H4,34,35,36)/b14-13-/t24-/m0/s1. The number of benzene rings is 3. The number of fused-ring (bicyclic) bond motifs is 1. The van der Waals surface area contributed by atoms with Crippen LogP contribution in [0.2, 0.25) is 0 Å². The third-order valence-electron chi connectivity index (χ3n) is 6.53. The predicted octanol–water partition coefficient (Wildman–Crippen LogP) is 4.55. The van der Waals surface area contributed by atoms with E-state index in [1.165, 1.54) is 30.3 Å². The summed E-state index contributed by atoms with van der Waals surface area (Å²) in [7, 11) is 3.15. The van der Waals surface area contributed by atoms with Gasteiger partial charge in [0.15, 0.2) is 11.7 Å². The monoisotopic (exact) mass is 600 g/mol. The van der Waals surface area contributed by atoms with Gasteiger partial charge in [-0.3, -0.25) is 9.79 Å². The Kier molecular flexibility index (Phi) is 10.3. The molecule has 0 amide bonds. The van der Waals surface area contributed by atoms with E-state index in [-0.39, 0.29) is 23.7 Å². The molecule has 1 atom stereocenters. The molecule has 0 aliphatic rings. The number of rotatable bonds is 12. The Labute approximate surface area is 252 Å². The number of nitrogens with two attached hydrogens (primary N) is 3. The molecule has 0 bridgehead atoms. The van der Waals surface area contributed by atoms with Crippen molar-refractivity contribution in [2.24, 2.45) is 22.2 Å². The number of methoxy groups -OCH3 is 2. The van der Waals surface area contributed by atoms with E-state index in [2.05, 4.69) is 23.2 Å². The van der Waals surface area contributed by atoms with E-state index in [9.17, 15) is 14.4 Å². The Balaban J connectivity index is 1.45.